The van der Waals surface area contributed by atoms with Gasteiger partial charge in [-0.1, -0.05) is 21.4 Å². The number of nitrogens with two attached hydrogens (primary N) is 1. The largest absolute Gasteiger partial charge is 0.320 e. The number of nitrogens with one attached hydrogen (secondary N) is 1. The lowest BCUT2D eigenvalue weighted by atomic mass is 10.2. The maximum absolute atomic E-state index is 13.9. The standard InChI is InChI=1S/C10H7F2N5O2S2/c11-7-4-6(2-1-3-13)9(8(12)5-7)21(18,19)15-10-14-16-17-20-10/h4-5H,3,13H2,(H,14,15,17). The predicted octanol–water partition coefficient (Wildman–Crippen LogP) is 0.322. The first-order valence-corrected chi connectivity index (χ1v) is 7.55. The zero-order valence-corrected chi connectivity index (χ0v) is 11.8. The van der Waals surface area contributed by atoms with Crippen molar-refractivity contribution in [2.75, 3.05) is 11.3 Å². The van der Waals surface area contributed by atoms with Crippen molar-refractivity contribution in [3.8, 4) is 11.8 Å². The van der Waals surface area contributed by atoms with Crippen molar-refractivity contribution in [1.82, 2.24) is 14.8 Å². The second-order valence-electron chi connectivity index (χ2n) is 3.54. The lowest BCUT2D eigenvalue weighted by molar-refractivity contribution is 0.549. The van der Waals surface area contributed by atoms with Gasteiger partial charge in [0.1, 0.15) is 16.5 Å². The third-order valence-corrected chi connectivity index (χ3v) is 4.18. The third kappa shape index (κ3) is 3.48. The molecule has 0 radical (unpaired) electrons. The van der Waals surface area contributed by atoms with Crippen molar-refractivity contribution in [2.45, 2.75) is 4.90 Å². The Morgan fingerprint density at radius 1 is 1.38 bits per heavy atom. The first-order valence-electron chi connectivity index (χ1n) is 5.30. The zero-order chi connectivity index (χ0) is 15.5. The highest BCUT2D eigenvalue weighted by Crippen LogP contribution is 2.23. The molecule has 11 heteroatoms. The molecule has 0 amide bonds. The van der Waals surface area contributed by atoms with Crippen molar-refractivity contribution in [1.29, 1.82) is 0 Å². The number of halogens is 2. The van der Waals surface area contributed by atoms with E-state index in [0.717, 1.165) is 6.07 Å². The Bertz CT molecular complexity index is 812. The molecule has 1 aromatic heterocycles. The quantitative estimate of drug-likeness (QED) is 0.784. The summed E-state index contributed by atoms with van der Waals surface area (Å²) in [7, 11) is -4.36. The number of nitrogens with zero attached hydrogens (tertiary/aromatic N) is 3. The predicted molar refractivity (Wildman–Crippen MR) is 70.8 cm³/mol. The van der Waals surface area contributed by atoms with Gasteiger partial charge in [0.15, 0.2) is 0 Å². The molecule has 0 aliphatic rings. The van der Waals surface area contributed by atoms with Crippen molar-refractivity contribution < 1.29 is 17.2 Å². The van der Waals surface area contributed by atoms with Crippen molar-refractivity contribution >= 4 is 26.7 Å². The van der Waals surface area contributed by atoms with E-state index in [1.807, 2.05) is 4.72 Å². The lowest BCUT2D eigenvalue weighted by Gasteiger charge is -2.08. The smallest absolute Gasteiger partial charge is 0.267 e. The second-order valence-corrected chi connectivity index (χ2v) is 5.90. The highest BCUT2D eigenvalue weighted by Gasteiger charge is 2.25. The van der Waals surface area contributed by atoms with E-state index >= 15 is 0 Å². The van der Waals surface area contributed by atoms with Gasteiger partial charge in [0.05, 0.1) is 12.1 Å². The molecular weight excluding hydrogens is 324 g/mol. The summed E-state index contributed by atoms with van der Waals surface area (Å²) < 4.78 is 56.7. The van der Waals surface area contributed by atoms with Crippen LogP contribution in [0.5, 0.6) is 0 Å². The number of sulfonamides is 1. The molecule has 7 nitrogen and oxygen atoms in total. The number of benzene rings is 1. The molecule has 0 unspecified atom stereocenters. The Hall–Kier alpha value is -2.16. The minimum Gasteiger partial charge on any atom is -0.320 e. The van der Waals surface area contributed by atoms with Crippen LogP contribution >= 0.6 is 11.5 Å². The summed E-state index contributed by atoms with van der Waals surface area (Å²) in [4.78, 5) is -0.792. The average molecular weight is 331 g/mol. The molecule has 0 aliphatic heterocycles. The first-order chi connectivity index (χ1) is 9.94. The van der Waals surface area contributed by atoms with E-state index in [2.05, 4.69) is 26.6 Å². The minimum absolute atomic E-state index is 0.0919. The summed E-state index contributed by atoms with van der Waals surface area (Å²) in [5, 5.41) is 6.43. The van der Waals surface area contributed by atoms with Gasteiger partial charge in [-0.3, -0.25) is 4.72 Å². The molecule has 110 valence electrons. The van der Waals surface area contributed by atoms with Crippen molar-refractivity contribution in [3.63, 3.8) is 0 Å². The van der Waals surface area contributed by atoms with Crippen LogP contribution in [0.15, 0.2) is 17.0 Å². The normalized spacial score (nSPS) is 10.8. The van der Waals surface area contributed by atoms with E-state index in [0.29, 0.717) is 17.6 Å². The Morgan fingerprint density at radius 3 is 2.76 bits per heavy atom. The Labute approximate surface area is 122 Å². The molecular formula is C10H7F2N5O2S2. The lowest BCUT2D eigenvalue weighted by Crippen LogP contribution is -2.16. The van der Waals surface area contributed by atoms with Crippen LogP contribution in [0.4, 0.5) is 13.9 Å². The molecule has 1 heterocycles. The van der Waals surface area contributed by atoms with Crippen LogP contribution in [-0.4, -0.2) is 29.8 Å². The fourth-order valence-electron chi connectivity index (χ4n) is 1.41. The maximum atomic E-state index is 13.9. The van der Waals surface area contributed by atoms with Gasteiger partial charge < -0.3 is 5.73 Å². The van der Waals surface area contributed by atoms with E-state index in [9.17, 15) is 17.2 Å². The van der Waals surface area contributed by atoms with E-state index < -0.39 is 26.6 Å². The van der Waals surface area contributed by atoms with Gasteiger partial charge in [-0.05, 0) is 11.3 Å². The Kier molecular flexibility index (Phi) is 4.41. The average Bonchev–Trinajstić information content (AvgIpc) is 2.86. The fourth-order valence-corrected chi connectivity index (χ4v) is 3.20. The molecule has 0 spiro atoms. The number of hydrogen-bond acceptors (Lipinski definition) is 7. The molecule has 0 aliphatic carbocycles. The van der Waals surface area contributed by atoms with Crippen LogP contribution in [0.1, 0.15) is 5.56 Å². The molecule has 0 atom stereocenters. The topological polar surface area (TPSA) is 111 Å². The van der Waals surface area contributed by atoms with E-state index in [-0.39, 0.29) is 17.2 Å². The van der Waals surface area contributed by atoms with Crippen molar-refractivity contribution in [3.05, 3.63) is 29.3 Å². The molecule has 2 rings (SSSR count). The van der Waals surface area contributed by atoms with Crippen LogP contribution in [0, 0.1) is 23.5 Å². The first kappa shape index (κ1) is 15.2. The summed E-state index contributed by atoms with van der Waals surface area (Å²) in [5.41, 5.74) is 4.83. The molecule has 0 saturated heterocycles. The van der Waals surface area contributed by atoms with E-state index in [4.69, 9.17) is 5.73 Å². The zero-order valence-electron chi connectivity index (χ0n) is 10.2. The maximum Gasteiger partial charge on any atom is 0.267 e. The van der Waals surface area contributed by atoms with Gasteiger partial charge in [0.25, 0.3) is 10.0 Å². The van der Waals surface area contributed by atoms with Crippen LogP contribution in [0.2, 0.25) is 0 Å². The third-order valence-electron chi connectivity index (χ3n) is 2.12. The van der Waals surface area contributed by atoms with Gasteiger partial charge in [0.2, 0.25) is 5.13 Å². The van der Waals surface area contributed by atoms with Gasteiger partial charge in [-0.2, -0.15) is 0 Å². The van der Waals surface area contributed by atoms with Crippen molar-refractivity contribution in [2.24, 2.45) is 5.73 Å². The fraction of sp³-hybridized carbons (Fsp3) is 0.100. The Morgan fingerprint density at radius 2 is 2.14 bits per heavy atom. The van der Waals surface area contributed by atoms with Crippen LogP contribution in [0.3, 0.4) is 0 Å². The molecule has 0 fully saturated rings. The number of rotatable bonds is 3. The molecule has 0 bridgehead atoms. The molecule has 2 aromatic rings. The van der Waals surface area contributed by atoms with Gasteiger partial charge in [0, 0.05) is 17.6 Å². The summed E-state index contributed by atoms with van der Waals surface area (Å²) in [6, 6.07) is 1.25. The summed E-state index contributed by atoms with van der Waals surface area (Å²) in [6.07, 6.45) is 0. The Balaban J connectivity index is 2.56. The number of anilines is 1. The van der Waals surface area contributed by atoms with E-state index in [1.165, 1.54) is 0 Å². The van der Waals surface area contributed by atoms with Gasteiger partial charge in [-0.25, -0.2) is 17.2 Å². The molecule has 0 saturated carbocycles. The monoisotopic (exact) mass is 331 g/mol. The second kappa shape index (κ2) is 6.08. The van der Waals surface area contributed by atoms with Crippen LogP contribution in [-0.2, 0) is 10.0 Å². The molecule has 21 heavy (non-hydrogen) atoms. The molecule has 3 N–H and O–H groups in total. The highest BCUT2D eigenvalue weighted by molar-refractivity contribution is 7.93. The van der Waals surface area contributed by atoms with Crippen LogP contribution in [0.25, 0.3) is 0 Å². The molecule has 1 aromatic carbocycles. The SMILES string of the molecule is NCC#Cc1cc(F)cc(F)c1S(=O)(=O)Nc1nnns1. The minimum atomic E-state index is -4.36. The highest BCUT2D eigenvalue weighted by atomic mass is 32.2. The summed E-state index contributed by atoms with van der Waals surface area (Å²) in [5.74, 6) is 2.43. The summed E-state index contributed by atoms with van der Waals surface area (Å²) >= 11 is 0.662. The van der Waals surface area contributed by atoms with Crippen LogP contribution < -0.4 is 10.5 Å². The van der Waals surface area contributed by atoms with Gasteiger partial charge >= 0.3 is 0 Å². The number of hydrogen-bond donors (Lipinski definition) is 2. The summed E-state index contributed by atoms with van der Waals surface area (Å²) in [6.45, 7) is -0.0919. The number of aromatic nitrogens is 3. The van der Waals surface area contributed by atoms with Gasteiger partial charge in [-0.15, -0.1) is 0 Å². The van der Waals surface area contributed by atoms with E-state index in [1.54, 1.807) is 0 Å².